The summed E-state index contributed by atoms with van der Waals surface area (Å²) in [6.07, 6.45) is 0. The first kappa shape index (κ1) is 41.3. The van der Waals surface area contributed by atoms with E-state index in [1.807, 2.05) is 109 Å². The molecule has 0 saturated heterocycles. The summed E-state index contributed by atoms with van der Waals surface area (Å²) < 4.78 is 11.1. The van der Waals surface area contributed by atoms with E-state index in [0.717, 1.165) is 22.5 Å². The third-order valence-electron chi connectivity index (χ3n) is 7.85. The molecule has 6 rings (SSSR count). The second kappa shape index (κ2) is 21.3. The summed E-state index contributed by atoms with van der Waals surface area (Å²) in [6.45, 7) is 1.48. The van der Waals surface area contributed by atoms with Crippen LogP contribution >= 0.6 is 24.0 Å². The summed E-state index contributed by atoms with van der Waals surface area (Å²) in [4.78, 5) is 50.0. The van der Waals surface area contributed by atoms with Crippen molar-refractivity contribution in [2.75, 3.05) is 49.5 Å². The first-order valence-corrected chi connectivity index (χ1v) is 16.9. The highest BCUT2D eigenvalue weighted by Crippen LogP contribution is 2.30. The number of nitrogens with two attached hydrogens (primary N) is 1. The summed E-state index contributed by atoms with van der Waals surface area (Å²) in [5, 5.41) is 8.49. The molecule has 0 saturated carbocycles. The van der Waals surface area contributed by atoms with Crippen molar-refractivity contribution in [1.82, 2.24) is 16.0 Å². The molecule has 2 aliphatic rings. The lowest BCUT2D eigenvalue weighted by Gasteiger charge is -2.20. The summed E-state index contributed by atoms with van der Waals surface area (Å²) >= 11 is 5.31. The smallest absolute Gasteiger partial charge is 0.247 e. The number of halogens is 2. The zero-order chi connectivity index (χ0) is 36.6. The van der Waals surface area contributed by atoms with Crippen molar-refractivity contribution in [3.8, 4) is 11.5 Å². The molecule has 4 aromatic carbocycles. The molecule has 52 heavy (non-hydrogen) atoms. The van der Waals surface area contributed by atoms with Gasteiger partial charge in [0.25, 0.3) is 0 Å². The molecule has 5 N–H and O–H groups in total. The lowest BCUT2D eigenvalue weighted by atomic mass is 10.2. The van der Waals surface area contributed by atoms with Gasteiger partial charge in [-0.05, 0) is 35.4 Å². The van der Waals surface area contributed by atoms with E-state index >= 15 is 0 Å². The number of anilines is 2. The van der Waals surface area contributed by atoms with Gasteiger partial charge in [-0.3, -0.25) is 24.5 Å². The molecule has 2 atom stereocenters. The van der Waals surface area contributed by atoms with Crippen LogP contribution in [0.2, 0.25) is 0 Å². The highest BCUT2D eigenvalue weighted by atomic mass is 35.5. The van der Waals surface area contributed by atoms with E-state index in [0.29, 0.717) is 24.6 Å². The molecular weight excluding hydrogens is 707 g/mol. The van der Waals surface area contributed by atoms with Crippen molar-refractivity contribution >= 4 is 59.0 Å². The maximum absolute atomic E-state index is 12.6. The van der Waals surface area contributed by atoms with E-state index in [-0.39, 0.29) is 61.7 Å². The second-order valence-corrected chi connectivity index (χ2v) is 11.8. The number of carbonyl (C=O) groups excluding carboxylic acids is 4. The Balaban J connectivity index is 0.000000229. The quantitative estimate of drug-likeness (QED) is 0.199. The van der Waals surface area contributed by atoms with Crippen LogP contribution in [0, 0.1) is 0 Å². The predicted octanol–water partition coefficient (Wildman–Crippen LogP) is 3.65. The van der Waals surface area contributed by atoms with Crippen molar-refractivity contribution in [1.29, 1.82) is 0 Å². The summed E-state index contributed by atoms with van der Waals surface area (Å²) in [5.41, 5.74) is 9.24. The molecular formula is C38H44Cl2N6O6. The van der Waals surface area contributed by atoms with Crippen molar-refractivity contribution in [2.24, 2.45) is 5.73 Å². The fourth-order valence-electron chi connectivity index (χ4n) is 4.99. The zero-order valence-electron chi connectivity index (χ0n) is 29.0. The van der Waals surface area contributed by atoms with Gasteiger partial charge in [0.2, 0.25) is 23.6 Å². The van der Waals surface area contributed by atoms with E-state index < -0.39 is 12.1 Å². The molecule has 2 aliphatic heterocycles. The van der Waals surface area contributed by atoms with Crippen LogP contribution in [0.1, 0.15) is 11.1 Å². The number of likely N-dealkylation sites (N-methyl/N-ethyl adjacent to an activating group) is 2. The van der Waals surface area contributed by atoms with Crippen molar-refractivity contribution in [3.05, 3.63) is 120 Å². The number of rotatable bonds is 8. The maximum Gasteiger partial charge on any atom is 0.247 e. The van der Waals surface area contributed by atoms with Gasteiger partial charge in [0.05, 0.1) is 17.9 Å². The van der Waals surface area contributed by atoms with Gasteiger partial charge in [-0.2, -0.15) is 0 Å². The number of amides is 4. The van der Waals surface area contributed by atoms with E-state index in [9.17, 15) is 19.2 Å². The minimum absolute atomic E-state index is 0. The average molecular weight is 752 g/mol. The van der Waals surface area contributed by atoms with Gasteiger partial charge in [0, 0.05) is 27.2 Å². The monoisotopic (exact) mass is 750 g/mol. The lowest BCUT2D eigenvalue weighted by Crippen LogP contribution is -2.49. The molecule has 4 amide bonds. The summed E-state index contributed by atoms with van der Waals surface area (Å²) in [6, 6.07) is 33.0. The molecule has 0 unspecified atom stereocenters. The van der Waals surface area contributed by atoms with Crippen molar-refractivity contribution in [2.45, 2.75) is 25.2 Å². The Hall–Kier alpha value is -5.14. The van der Waals surface area contributed by atoms with E-state index in [2.05, 4.69) is 16.0 Å². The molecule has 0 radical (unpaired) electrons. The Bertz CT molecular complexity index is 1750. The predicted molar refractivity (Wildman–Crippen MR) is 205 cm³/mol. The zero-order valence-corrected chi connectivity index (χ0v) is 30.6. The molecule has 14 heteroatoms. The Morgan fingerprint density at radius 1 is 0.692 bits per heavy atom. The fraction of sp³-hybridized carbons (Fsp3) is 0.263. The normalized spacial score (nSPS) is 15.8. The number of benzene rings is 4. The first-order valence-electron chi connectivity index (χ1n) is 16.3. The summed E-state index contributed by atoms with van der Waals surface area (Å²) in [7, 11) is 3.41. The number of hydrogen-bond donors (Lipinski definition) is 4. The Labute approximate surface area is 315 Å². The Morgan fingerprint density at radius 2 is 1.13 bits per heavy atom. The van der Waals surface area contributed by atoms with Gasteiger partial charge >= 0.3 is 0 Å². The number of nitrogens with zero attached hydrogens (tertiary/aromatic N) is 2. The molecule has 276 valence electrons. The van der Waals surface area contributed by atoms with Crippen LogP contribution in [0.4, 0.5) is 11.4 Å². The molecule has 2 heterocycles. The molecule has 0 aliphatic carbocycles. The van der Waals surface area contributed by atoms with Gasteiger partial charge in [-0.25, -0.2) is 0 Å². The number of alkyl halides is 1. The van der Waals surface area contributed by atoms with Gasteiger partial charge in [0.1, 0.15) is 42.7 Å². The van der Waals surface area contributed by atoms with E-state index in [1.165, 1.54) is 4.90 Å². The minimum atomic E-state index is -0.576. The highest BCUT2D eigenvalue weighted by Gasteiger charge is 2.29. The molecule has 4 aromatic rings. The molecule has 12 nitrogen and oxygen atoms in total. The van der Waals surface area contributed by atoms with Gasteiger partial charge < -0.3 is 35.6 Å². The Morgan fingerprint density at radius 3 is 1.65 bits per heavy atom. The molecule has 0 bridgehead atoms. The third-order valence-corrected chi connectivity index (χ3v) is 8.09. The van der Waals surface area contributed by atoms with Crippen LogP contribution in [-0.2, 0) is 32.3 Å². The molecule has 0 spiro atoms. The average Bonchev–Trinajstić information content (AvgIpc) is 3.37. The SMILES string of the molecule is CN1C(=O)[C@@H](N)COc2ccccc21.CN1C(=O)[C@@H](NCC(=O)NCc2ccccc2)COc2ccccc21.Cl.O=C(CCl)NCc1ccccc1. The van der Waals surface area contributed by atoms with Crippen LogP contribution in [0.3, 0.4) is 0 Å². The number of carbonyl (C=O) groups is 4. The minimum Gasteiger partial charge on any atom is -0.489 e. The van der Waals surface area contributed by atoms with Crippen molar-refractivity contribution in [3.63, 3.8) is 0 Å². The first-order chi connectivity index (χ1) is 24.7. The number of fused-ring (bicyclic) bond motifs is 2. The fourth-order valence-corrected chi connectivity index (χ4v) is 5.09. The number of hydrogen-bond acceptors (Lipinski definition) is 8. The maximum atomic E-state index is 12.6. The van der Waals surface area contributed by atoms with Crippen molar-refractivity contribution < 1.29 is 28.7 Å². The van der Waals surface area contributed by atoms with Crippen LogP contribution in [0.25, 0.3) is 0 Å². The van der Waals surface area contributed by atoms with Gasteiger partial charge in [-0.15, -0.1) is 24.0 Å². The van der Waals surface area contributed by atoms with E-state index in [4.69, 9.17) is 26.8 Å². The highest BCUT2D eigenvalue weighted by molar-refractivity contribution is 6.27. The van der Waals surface area contributed by atoms with Crippen LogP contribution < -0.4 is 41.0 Å². The van der Waals surface area contributed by atoms with Gasteiger partial charge in [0.15, 0.2) is 0 Å². The van der Waals surface area contributed by atoms with Crippen LogP contribution in [-0.4, -0.2) is 75.4 Å². The number of ether oxygens (including phenoxy) is 2. The topological polar surface area (TPSA) is 155 Å². The lowest BCUT2D eigenvalue weighted by molar-refractivity contribution is -0.123. The van der Waals surface area contributed by atoms with Crippen LogP contribution in [0.5, 0.6) is 11.5 Å². The Kier molecular flexibility index (Phi) is 16.9. The summed E-state index contributed by atoms with van der Waals surface area (Å²) in [5.74, 6) is 0.845. The standard InChI is InChI=1S/C19H21N3O3.C10H12N2O2.C9H10ClNO.ClH/c1-22-16-9-5-6-10-17(16)25-13-15(19(22)24)20-12-18(23)21-11-14-7-3-2-4-8-14;1-12-8-4-2-3-5-9(8)14-6-7(11)10(12)13;10-6-9(12)11-7-8-4-2-1-3-5-8;/h2-10,15,20H,11-13H2,1H3,(H,21,23);2-5,7H,6,11H2,1H3;1-5H,6-7H2,(H,11,12);1H/t15-;7-;;/m00../s1. The number of nitrogens with one attached hydrogen (secondary N) is 3. The molecule has 0 aromatic heterocycles. The van der Waals surface area contributed by atoms with E-state index in [1.54, 1.807) is 19.0 Å². The second-order valence-electron chi connectivity index (χ2n) is 11.6. The largest absolute Gasteiger partial charge is 0.489 e. The molecule has 0 fully saturated rings. The van der Waals surface area contributed by atoms with Gasteiger partial charge in [-0.1, -0.05) is 84.9 Å². The number of para-hydroxylation sites is 4. The third kappa shape index (κ3) is 12.3. The van der Waals surface area contributed by atoms with Crippen LogP contribution in [0.15, 0.2) is 109 Å².